The maximum Gasteiger partial charge on any atom is 0.306 e. The summed E-state index contributed by atoms with van der Waals surface area (Å²) in [7, 11) is 0. The lowest BCUT2D eigenvalue weighted by Crippen LogP contribution is -2.15. The number of ether oxygens (including phenoxy) is 1. The molecule has 0 spiro atoms. The van der Waals surface area contributed by atoms with Gasteiger partial charge in [0.25, 0.3) is 0 Å². The maximum atomic E-state index is 11.3. The van der Waals surface area contributed by atoms with Crippen molar-refractivity contribution in [1.29, 1.82) is 0 Å². The van der Waals surface area contributed by atoms with Gasteiger partial charge < -0.3 is 10.5 Å². The zero-order chi connectivity index (χ0) is 13.2. The number of aryl methyl sites for hydroxylation is 1. The summed E-state index contributed by atoms with van der Waals surface area (Å²) < 4.78 is 5.03. The molecule has 0 radical (unpaired) electrons. The molecular weight excluding hydrogens is 230 g/mol. The van der Waals surface area contributed by atoms with Crippen LogP contribution in [0.3, 0.4) is 0 Å². The van der Waals surface area contributed by atoms with Crippen LogP contribution in [-0.2, 0) is 20.7 Å². The number of carbonyl (C=O) groups excluding carboxylic acids is 2. The van der Waals surface area contributed by atoms with Gasteiger partial charge in [-0.25, -0.2) is 0 Å². The Kier molecular flexibility index (Phi) is 6.72. The van der Waals surface area contributed by atoms with Gasteiger partial charge in [0, 0.05) is 6.42 Å². The van der Waals surface area contributed by atoms with Crippen molar-refractivity contribution in [3.8, 4) is 0 Å². The average Bonchev–Trinajstić information content (AvgIpc) is 2.42. The Labute approximate surface area is 107 Å². The van der Waals surface area contributed by atoms with Gasteiger partial charge in [0.1, 0.15) is 5.78 Å². The minimum absolute atomic E-state index is 0.0126. The highest BCUT2D eigenvalue weighted by molar-refractivity contribution is 5.84. The zero-order valence-corrected chi connectivity index (χ0v) is 10.4. The third kappa shape index (κ3) is 6.15. The fourth-order valence-corrected chi connectivity index (χ4v) is 1.52. The Bertz CT molecular complexity index is 376. The van der Waals surface area contributed by atoms with Gasteiger partial charge in [-0.05, 0) is 18.4 Å². The zero-order valence-electron chi connectivity index (χ0n) is 10.4. The first-order valence-corrected chi connectivity index (χ1v) is 6.13. The van der Waals surface area contributed by atoms with Gasteiger partial charge in [-0.15, -0.1) is 0 Å². The van der Waals surface area contributed by atoms with Crippen LogP contribution in [0.4, 0.5) is 0 Å². The van der Waals surface area contributed by atoms with Crippen molar-refractivity contribution >= 4 is 11.8 Å². The van der Waals surface area contributed by atoms with Crippen LogP contribution in [-0.4, -0.2) is 24.9 Å². The first kappa shape index (κ1) is 14.4. The third-order valence-electron chi connectivity index (χ3n) is 2.55. The van der Waals surface area contributed by atoms with Crippen LogP contribution in [0.1, 0.15) is 24.8 Å². The molecule has 0 aliphatic heterocycles. The third-order valence-corrected chi connectivity index (χ3v) is 2.55. The number of hydrogen-bond donors (Lipinski definition) is 1. The Morgan fingerprint density at radius 2 is 1.83 bits per heavy atom. The van der Waals surface area contributed by atoms with Crippen molar-refractivity contribution < 1.29 is 14.3 Å². The lowest BCUT2D eigenvalue weighted by Gasteiger charge is -2.04. The first-order chi connectivity index (χ1) is 8.72. The largest absolute Gasteiger partial charge is 0.466 e. The fraction of sp³-hybridized carbons (Fsp3) is 0.429. The molecule has 0 heterocycles. The number of ketones is 1. The highest BCUT2D eigenvalue weighted by Crippen LogP contribution is 2.03. The monoisotopic (exact) mass is 249 g/mol. The van der Waals surface area contributed by atoms with Crippen LogP contribution >= 0.6 is 0 Å². The predicted octanol–water partition coefficient (Wildman–Crippen LogP) is 1.47. The summed E-state index contributed by atoms with van der Waals surface area (Å²) in [5.41, 5.74) is 6.37. The smallest absolute Gasteiger partial charge is 0.306 e. The van der Waals surface area contributed by atoms with E-state index in [1.165, 1.54) is 5.56 Å². The summed E-state index contributed by atoms with van der Waals surface area (Å²) in [5.74, 6) is -0.443. The van der Waals surface area contributed by atoms with Crippen LogP contribution in [0.25, 0.3) is 0 Å². The summed E-state index contributed by atoms with van der Waals surface area (Å²) in [5, 5.41) is 0. The van der Waals surface area contributed by atoms with E-state index in [4.69, 9.17) is 10.5 Å². The number of rotatable bonds is 8. The van der Waals surface area contributed by atoms with E-state index in [1.807, 2.05) is 30.3 Å². The Balaban J connectivity index is 2.07. The van der Waals surface area contributed by atoms with E-state index in [-0.39, 0.29) is 31.1 Å². The molecule has 2 N–H and O–H groups in total. The summed E-state index contributed by atoms with van der Waals surface area (Å²) in [6.45, 7) is 0.381. The van der Waals surface area contributed by atoms with Crippen LogP contribution < -0.4 is 5.73 Å². The lowest BCUT2D eigenvalue weighted by molar-refractivity contribution is -0.144. The fourth-order valence-electron chi connectivity index (χ4n) is 1.52. The molecule has 18 heavy (non-hydrogen) atoms. The van der Waals surface area contributed by atoms with E-state index < -0.39 is 0 Å². The number of esters is 1. The minimum atomic E-state index is -0.329. The highest BCUT2D eigenvalue weighted by Gasteiger charge is 2.06. The molecular formula is C14H19NO3. The van der Waals surface area contributed by atoms with Crippen LogP contribution in [0, 0.1) is 0 Å². The molecule has 0 unspecified atom stereocenters. The van der Waals surface area contributed by atoms with Gasteiger partial charge in [0.05, 0.1) is 19.6 Å². The van der Waals surface area contributed by atoms with Crippen LogP contribution in [0.15, 0.2) is 30.3 Å². The molecule has 1 aromatic carbocycles. The van der Waals surface area contributed by atoms with Gasteiger partial charge in [0.15, 0.2) is 0 Å². The van der Waals surface area contributed by atoms with Crippen LogP contribution in [0.2, 0.25) is 0 Å². The molecule has 4 heteroatoms. The van der Waals surface area contributed by atoms with Gasteiger partial charge in [-0.2, -0.15) is 0 Å². The number of nitrogens with two attached hydrogens (primary N) is 1. The van der Waals surface area contributed by atoms with E-state index in [1.54, 1.807) is 0 Å². The second-order valence-electron chi connectivity index (χ2n) is 4.05. The molecule has 0 saturated heterocycles. The highest BCUT2D eigenvalue weighted by atomic mass is 16.5. The molecule has 0 aliphatic rings. The van der Waals surface area contributed by atoms with Gasteiger partial charge >= 0.3 is 5.97 Å². The number of Topliss-reactive ketones (excluding diaryl/α,β-unsaturated/α-hetero) is 1. The van der Waals surface area contributed by atoms with E-state index in [0.717, 1.165) is 12.8 Å². The molecule has 0 aromatic heterocycles. The second kappa shape index (κ2) is 8.42. The van der Waals surface area contributed by atoms with E-state index in [0.29, 0.717) is 6.61 Å². The quantitative estimate of drug-likeness (QED) is 0.559. The van der Waals surface area contributed by atoms with Crippen molar-refractivity contribution in [3.05, 3.63) is 35.9 Å². The Morgan fingerprint density at radius 1 is 1.11 bits per heavy atom. The molecule has 1 aromatic rings. The van der Waals surface area contributed by atoms with Crippen molar-refractivity contribution in [2.24, 2.45) is 5.73 Å². The normalized spacial score (nSPS) is 10.1. The second-order valence-corrected chi connectivity index (χ2v) is 4.05. The topological polar surface area (TPSA) is 69.4 Å². The van der Waals surface area contributed by atoms with Gasteiger partial charge in [-0.3, -0.25) is 9.59 Å². The van der Waals surface area contributed by atoms with Gasteiger partial charge in [-0.1, -0.05) is 30.3 Å². The van der Waals surface area contributed by atoms with Crippen molar-refractivity contribution in [2.75, 3.05) is 13.2 Å². The summed E-state index contributed by atoms with van der Waals surface area (Å²) in [6, 6.07) is 10.0. The summed E-state index contributed by atoms with van der Waals surface area (Å²) in [4.78, 5) is 22.2. The van der Waals surface area contributed by atoms with Crippen molar-refractivity contribution in [2.45, 2.75) is 25.7 Å². The Morgan fingerprint density at radius 3 is 2.50 bits per heavy atom. The molecule has 0 fully saturated rings. The predicted molar refractivity (Wildman–Crippen MR) is 69.0 cm³/mol. The van der Waals surface area contributed by atoms with Crippen LogP contribution in [0.5, 0.6) is 0 Å². The van der Waals surface area contributed by atoms with E-state index in [9.17, 15) is 9.59 Å². The molecule has 1 rings (SSSR count). The van der Waals surface area contributed by atoms with Crippen molar-refractivity contribution in [1.82, 2.24) is 0 Å². The van der Waals surface area contributed by atoms with E-state index >= 15 is 0 Å². The summed E-state index contributed by atoms with van der Waals surface area (Å²) >= 11 is 0. The summed E-state index contributed by atoms with van der Waals surface area (Å²) in [6.07, 6.45) is 1.98. The molecule has 0 bridgehead atoms. The van der Waals surface area contributed by atoms with Gasteiger partial charge in [0.2, 0.25) is 0 Å². The molecule has 0 atom stereocenters. The molecule has 0 saturated carbocycles. The lowest BCUT2D eigenvalue weighted by atomic mass is 10.1. The maximum absolute atomic E-state index is 11.3. The van der Waals surface area contributed by atoms with Crippen molar-refractivity contribution in [3.63, 3.8) is 0 Å². The Hall–Kier alpha value is -1.68. The molecule has 4 nitrogen and oxygen atoms in total. The number of carbonyl (C=O) groups is 2. The molecule has 0 aliphatic carbocycles. The number of benzene rings is 1. The first-order valence-electron chi connectivity index (χ1n) is 6.13. The van der Waals surface area contributed by atoms with E-state index in [2.05, 4.69) is 0 Å². The molecule has 0 amide bonds. The SMILES string of the molecule is NCC(=O)CCC(=O)OCCCc1ccccc1. The number of hydrogen-bond acceptors (Lipinski definition) is 4. The molecule has 98 valence electrons. The standard InChI is InChI=1S/C14H19NO3/c15-11-13(16)8-9-14(17)18-10-4-7-12-5-2-1-3-6-12/h1-3,5-6H,4,7-11,15H2. The minimum Gasteiger partial charge on any atom is -0.466 e. The average molecular weight is 249 g/mol.